The third-order valence-electron chi connectivity index (χ3n) is 3.72. The van der Waals surface area contributed by atoms with E-state index in [9.17, 15) is 0 Å². The largest absolute Gasteiger partial charge is 0.436 e. The van der Waals surface area contributed by atoms with E-state index in [0.29, 0.717) is 5.89 Å². The lowest BCUT2D eigenvalue weighted by Crippen LogP contribution is -1.78. The molecule has 0 N–H and O–H groups in total. The van der Waals surface area contributed by atoms with E-state index >= 15 is 0 Å². The Morgan fingerprint density at radius 2 is 1.10 bits per heavy atom. The highest BCUT2D eigenvalue weighted by Crippen LogP contribution is 2.24. The third-order valence-corrected chi connectivity index (χ3v) is 3.72. The van der Waals surface area contributed by atoms with Gasteiger partial charge in [0.15, 0.2) is 5.58 Å². The molecule has 4 rings (SSSR count). The summed E-state index contributed by atoms with van der Waals surface area (Å²) < 4.78 is 5.79. The lowest BCUT2D eigenvalue weighted by atomic mass is 10.1. The quantitative estimate of drug-likeness (QED) is 0.328. The van der Waals surface area contributed by atoms with E-state index in [2.05, 4.69) is 41.4 Å². The minimum Gasteiger partial charge on any atom is -0.436 e. The fourth-order valence-electron chi connectivity index (χ4n) is 2.49. The van der Waals surface area contributed by atoms with Gasteiger partial charge in [0.2, 0.25) is 5.89 Å². The molecule has 0 spiro atoms. The summed E-state index contributed by atoms with van der Waals surface area (Å²) in [6.07, 6.45) is 4.21. The van der Waals surface area contributed by atoms with Crippen LogP contribution in [0.15, 0.2) is 83.3 Å². The van der Waals surface area contributed by atoms with Crippen LogP contribution in [0.5, 0.6) is 0 Å². The second-order valence-corrected chi connectivity index (χ2v) is 5.35. The van der Waals surface area contributed by atoms with Gasteiger partial charge in [-0.15, -0.1) is 0 Å². The molecule has 0 radical (unpaired) electrons. The van der Waals surface area contributed by atoms with E-state index < -0.39 is 0 Å². The molecule has 4 aromatic rings. The van der Waals surface area contributed by atoms with Crippen LogP contribution in [0.25, 0.3) is 34.7 Å². The molecular formula is C27H33NO. The summed E-state index contributed by atoms with van der Waals surface area (Å²) in [4.78, 5) is 4.52. The molecule has 3 aromatic carbocycles. The number of fused-ring (bicyclic) bond motifs is 1. The molecule has 0 saturated heterocycles. The maximum atomic E-state index is 5.79. The van der Waals surface area contributed by atoms with Crippen LogP contribution < -0.4 is 0 Å². The van der Waals surface area contributed by atoms with Crippen LogP contribution in [0.4, 0.5) is 0 Å². The standard InChI is InChI=1S/C21H15NO.3C2H6/c1-2-6-16(7-3-1)10-11-17-12-14-18(15-13-17)21-22-19-8-4-5-9-20(19)23-21;3*1-2/h1-15H;3*1-2H3. The number of rotatable bonds is 3. The number of nitrogens with zero attached hydrogens (tertiary/aromatic N) is 1. The molecule has 0 atom stereocenters. The van der Waals surface area contributed by atoms with Gasteiger partial charge in [0.25, 0.3) is 0 Å². The molecule has 0 unspecified atom stereocenters. The number of oxazole rings is 1. The minimum absolute atomic E-state index is 0.657. The van der Waals surface area contributed by atoms with Crippen LogP contribution >= 0.6 is 0 Å². The summed E-state index contributed by atoms with van der Waals surface area (Å²) in [5, 5.41) is 0. The Kier molecular flexibility index (Phi) is 11.5. The Labute approximate surface area is 175 Å². The molecule has 2 nitrogen and oxygen atoms in total. The summed E-state index contributed by atoms with van der Waals surface area (Å²) in [5.74, 6) is 0.657. The zero-order valence-corrected chi connectivity index (χ0v) is 18.5. The predicted octanol–water partition coefficient (Wildman–Crippen LogP) is 8.74. The topological polar surface area (TPSA) is 26.0 Å². The zero-order valence-electron chi connectivity index (χ0n) is 18.5. The second-order valence-electron chi connectivity index (χ2n) is 5.35. The molecule has 1 aromatic heterocycles. The first-order chi connectivity index (χ1) is 14.4. The molecule has 0 amide bonds. The number of aromatic nitrogens is 1. The van der Waals surface area contributed by atoms with Crippen molar-refractivity contribution < 1.29 is 4.42 Å². The Morgan fingerprint density at radius 3 is 1.69 bits per heavy atom. The number of benzene rings is 3. The molecule has 1 heterocycles. The van der Waals surface area contributed by atoms with E-state index in [-0.39, 0.29) is 0 Å². The van der Waals surface area contributed by atoms with E-state index in [4.69, 9.17) is 4.42 Å². The van der Waals surface area contributed by atoms with Crippen molar-refractivity contribution in [3.05, 3.63) is 90.0 Å². The Hall–Kier alpha value is -3.13. The van der Waals surface area contributed by atoms with E-state index in [0.717, 1.165) is 22.2 Å². The SMILES string of the molecule is C(=Cc1ccc(-c2nc3ccccc3o2)cc1)c1ccccc1.CC.CC.CC. The first-order valence-corrected chi connectivity index (χ1v) is 10.6. The summed E-state index contributed by atoms with van der Waals surface area (Å²) in [6.45, 7) is 12.0. The Morgan fingerprint density at radius 1 is 0.586 bits per heavy atom. The van der Waals surface area contributed by atoms with Crippen LogP contribution in [-0.4, -0.2) is 4.98 Å². The number of hydrogen-bond donors (Lipinski definition) is 0. The van der Waals surface area contributed by atoms with Gasteiger partial charge in [-0.3, -0.25) is 0 Å². The highest BCUT2D eigenvalue weighted by atomic mass is 16.3. The van der Waals surface area contributed by atoms with Gasteiger partial charge in [-0.2, -0.15) is 0 Å². The Balaban J connectivity index is 0.000000644. The van der Waals surface area contributed by atoms with Gasteiger partial charge in [0, 0.05) is 5.56 Å². The Bertz CT molecular complexity index is 918. The van der Waals surface area contributed by atoms with Gasteiger partial charge in [-0.05, 0) is 35.4 Å². The van der Waals surface area contributed by atoms with Gasteiger partial charge in [0.05, 0.1) is 0 Å². The smallest absolute Gasteiger partial charge is 0.227 e. The third kappa shape index (κ3) is 7.08. The van der Waals surface area contributed by atoms with Gasteiger partial charge in [0.1, 0.15) is 5.52 Å². The zero-order chi connectivity index (χ0) is 21.5. The molecular weight excluding hydrogens is 354 g/mol. The van der Waals surface area contributed by atoms with Gasteiger partial charge in [-0.1, -0.05) is 108 Å². The van der Waals surface area contributed by atoms with Gasteiger partial charge in [-0.25, -0.2) is 4.98 Å². The van der Waals surface area contributed by atoms with Crippen LogP contribution in [0.1, 0.15) is 52.7 Å². The van der Waals surface area contributed by atoms with E-state index in [1.807, 2.05) is 96.1 Å². The van der Waals surface area contributed by atoms with Crippen molar-refractivity contribution in [2.45, 2.75) is 41.5 Å². The van der Waals surface area contributed by atoms with Gasteiger partial charge < -0.3 is 4.42 Å². The molecule has 29 heavy (non-hydrogen) atoms. The lowest BCUT2D eigenvalue weighted by Gasteiger charge is -1.97. The molecule has 152 valence electrons. The summed E-state index contributed by atoms with van der Waals surface area (Å²) in [5.41, 5.74) is 5.02. The monoisotopic (exact) mass is 387 g/mol. The van der Waals surface area contributed by atoms with E-state index in [1.165, 1.54) is 5.56 Å². The highest BCUT2D eigenvalue weighted by Gasteiger charge is 2.06. The molecule has 0 fully saturated rings. The molecule has 0 aliphatic carbocycles. The van der Waals surface area contributed by atoms with Crippen LogP contribution in [-0.2, 0) is 0 Å². The molecule has 2 heteroatoms. The first kappa shape index (κ1) is 23.9. The maximum absolute atomic E-state index is 5.79. The van der Waals surface area contributed by atoms with Crippen molar-refractivity contribution in [2.75, 3.05) is 0 Å². The van der Waals surface area contributed by atoms with Crippen molar-refractivity contribution in [3.8, 4) is 11.5 Å². The average Bonchev–Trinajstić information content (AvgIpc) is 3.27. The first-order valence-electron chi connectivity index (χ1n) is 10.6. The molecule has 0 saturated carbocycles. The lowest BCUT2D eigenvalue weighted by molar-refractivity contribution is 0.620. The fraction of sp³-hybridized carbons (Fsp3) is 0.222. The van der Waals surface area contributed by atoms with Crippen molar-refractivity contribution >= 4 is 23.3 Å². The summed E-state index contributed by atoms with van der Waals surface area (Å²) in [7, 11) is 0. The second kappa shape index (κ2) is 14.0. The van der Waals surface area contributed by atoms with Crippen LogP contribution in [0.2, 0.25) is 0 Å². The summed E-state index contributed by atoms with van der Waals surface area (Å²) in [6, 6.07) is 26.3. The summed E-state index contributed by atoms with van der Waals surface area (Å²) >= 11 is 0. The highest BCUT2D eigenvalue weighted by molar-refractivity contribution is 5.76. The van der Waals surface area contributed by atoms with Crippen molar-refractivity contribution in [3.63, 3.8) is 0 Å². The molecule has 0 aliphatic heterocycles. The average molecular weight is 388 g/mol. The van der Waals surface area contributed by atoms with Crippen molar-refractivity contribution in [1.82, 2.24) is 4.98 Å². The number of para-hydroxylation sites is 2. The fourth-order valence-corrected chi connectivity index (χ4v) is 2.49. The molecule has 0 bridgehead atoms. The normalized spacial score (nSPS) is 9.59. The van der Waals surface area contributed by atoms with Gasteiger partial charge >= 0.3 is 0 Å². The molecule has 0 aliphatic rings. The van der Waals surface area contributed by atoms with E-state index in [1.54, 1.807) is 0 Å². The van der Waals surface area contributed by atoms with Crippen LogP contribution in [0, 0.1) is 0 Å². The minimum atomic E-state index is 0.657. The maximum Gasteiger partial charge on any atom is 0.227 e. The number of hydrogen-bond acceptors (Lipinski definition) is 2. The van der Waals surface area contributed by atoms with Crippen LogP contribution in [0.3, 0.4) is 0 Å². The predicted molar refractivity (Wildman–Crippen MR) is 129 cm³/mol. The van der Waals surface area contributed by atoms with Crippen molar-refractivity contribution in [1.29, 1.82) is 0 Å². The van der Waals surface area contributed by atoms with Crippen molar-refractivity contribution in [2.24, 2.45) is 0 Å².